The summed E-state index contributed by atoms with van der Waals surface area (Å²) in [4.78, 5) is 31.6. The first-order valence-corrected chi connectivity index (χ1v) is 10.8. The summed E-state index contributed by atoms with van der Waals surface area (Å²) in [6, 6.07) is 5.52. The highest BCUT2D eigenvalue weighted by Crippen LogP contribution is 2.28. The van der Waals surface area contributed by atoms with E-state index in [0.29, 0.717) is 50.7 Å². The molecule has 0 bridgehead atoms. The van der Waals surface area contributed by atoms with E-state index in [1.807, 2.05) is 21.9 Å². The Morgan fingerprint density at radius 2 is 1.97 bits per heavy atom. The Balaban J connectivity index is 1.37. The van der Waals surface area contributed by atoms with Crippen LogP contribution < -0.4 is 4.74 Å². The molecule has 3 aliphatic rings. The maximum atomic E-state index is 13.2. The molecule has 0 radical (unpaired) electrons. The standard InChI is InChI=1S/C21H28ClN3O4/c22-18-2-3-19-17(13-18)15-25(9-12-29-19)21(27)16-1-4-20(26)24(14-16)6-5-23-7-10-28-11-8-23/h2-3,13,16H,1,4-12,14-15H2. The number of nitrogens with zero attached hydrogens (tertiary/aromatic N) is 3. The van der Waals surface area contributed by atoms with Crippen molar-refractivity contribution in [2.24, 2.45) is 5.92 Å². The van der Waals surface area contributed by atoms with Gasteiger partial charge in [0.15, 0.2) is 0 Å². The number of hydrogen-bond acceptors (Lipinski definition) is 5. The number of benzene rings is 1. The van der Waals surface area contributed by atoms with Crippen LogP contribution in [-0.2, 0) is 20.9 Å². The van der Waals surface area contributed by atoms with Gasteiger partial charge in [-0.1, -0.05) is 11.6 Å². The topological polar surface area (TPSA) is 62.3 Å². The van der Waals surface area contributed by atoms with Crippen molar-refractivity contribution >= 4 is 23.4 Å². The summed E-state index contributed by atoms with van der Waals surface area (Å²) in [7, 11) is 0. The van der Waals surface area contributed by atoms with Crippen LogP contribution in [0.4, 0.5) is 0 Å². The highest BCUT2D eigenvalue weighted by molar-refractivity contribution is 6.30. The highest BCUT2D eigenvalue weighted by Gasteiger charge is 2.33. The average Bonchev–Trinajstić information content (AvgIpc) is 2.95. The summed E-state index contributed by atoms with van der Waals surface area (Å²) in [5, 5.41) is 0.638. The van der Waals surface area contributed by atoms with Crippen LogP contribution in [-0.4, -0.2) is 85.6 Å². The van der Waals surface area contributed by atoms with Gasteiger partial charge in [-0.3, -0.25) is 14.5 Å². The average molecular weight is 422 g/mol. The first kappa shape index (κ1) is 20.4. The van der Waals surface area contributed by atoms with Crippen molar-refractivity contribution in [2.75, 3.05) is 59.1 Å². The minimum atomic E-state index is -0.155. The lowest BCUT2D eigenvalue weighted by molar-refractivity contribution is -0.143. The van der Waals surface area contributed by atoms with E-state index in [4.69, 9.17) is 21.1 Å². The van der Waals surface area contributed by atoms with E-state index < -0.39 is 0 Å². The molecule has 1 atom stereocenters. The van der Waals surface area contributed by atoms with E-state index in [9.17, 15) is 9.59 Å². The summed E-state index contributed by atoms with van der Waals surface area (Å²) in [5.41, 5.74) is 0.930. The SMILES string of the molecule is O=C1CCC(C(=O)N2CCOc3ccc(Cl)cc3C2)CN1CCN1CCOCC1. The van der Waals surface area contributed by atoms with Gasteiger partial charge in [-0.05, 0) is 24.6 Å². The molecule has 4 rings (SSSR count). The van der Waals surface area contributed by atoms with Crippen molar-refractivity contribution in [3.63, 3.8) is 0 Å². The van der Waals surface area contributed by atoms with Crippen molar-refractivity contribution < 1.29 is 19.1 Å². The van der Waals surface area contributed by atoms with E-state index in [1.165, 1.54) is 0 Å². The van der Waals surface area contributed by atoms with Crippen LogP contribution >= 0.6 is 11.6 Å². The lowest BCUT2D eigenvalue weighted by Gasteiger charge is -2.36. The molecule has 29 heavy (non-hydrogen) atoms. The predicted octanol–water partition coefficient (Wildman–Crippen LogP) is 1.63. The Bertz CT molecular complexity index is 753. The number of hydrogen-bond donors (Lipinski definition) is 0. The molecule has 0 aliphatic carbocycles. The lowest BCUT2D eigenvalue weighted by atomic mass is 9.95. The van der Waals surface area contributed by atoms with Crippen molar-refractivity contribution in [1.29, 1.82) is 0 Å². The normalized spacial score (nSPS) is 23.3. The van der Waals surface area contributed by atoms with Gasteiger partial charge >= 0.3 is 0 Å². The second-order valence-electron chi connectivity index (χ2n) is 7.89. The maximum absolute atomic E-state index is 13.2. The molecule has 0 N–H and O–H groups in total. The molecular weight excluding hydrogens is 394 g/mol. The van der Waals surface area contributed by atoms with Crippen LogP contribution in [0.5, 0.6) is 5.75 Å². The summed E-state index contributed by atoms with van der Waals surface area (Å²) in [6.07, 6.45) is 1.05. The Labute approximate surface area is 176 Å². The Morgan fingerprint density at radius 3 is 2.79 bits per heavy atom. The number of likely N-dealkylation sites (tertiary alicyclic amines) is 1. The quantitative estimate of drug-likeness (QED) is 0.739. The number of morpholine rings is 1. The molecule has 2 fully saturated rings. The van der Waals surface area contributed by atoms with Crippen molar-refractivity contribution in [2.45, 2.75) is 19.4 Å². The fourth-order valence-electron chi connectivity index (χ4n) is 4.23. The number of amides is 2. The minimum Gasteiger partial charge on any atom is -0.491 e. The van der Waals surface area contributed by atoms with E-state index in [-0.39, 0.29) is 17.7 Å². The number of ether oxygens (including phenoxy) is 2. The maximum Gasteiger partial charge on any atom is 0.227 e. The number of piperidine rings is 1. The number of carbonyl (C=O) groups is 2. The number of rotatable bonds is 4. The van der Waals surface area contributed by atoms with Gasteiger partial charge in [-0.15, -0.1) is 0 Å². The zero-order valence-corrected chi connectivity index (χ0v) is 17.4. The van der Waals surface area contributed by atoms with Crippen molar-refractivity contribution in [3.05, 3.63) is 28.8 Å². The largest absolute Gasteiger partial charge is 0.491 e. The van der Waals surface area contributed by atoms with Crippen LogP contribution in [0.1, 0.15) is 18.4 Å². The molecule has 7 nitrogen and oxygen atoms in total. The smallest absolute Gasteiger partial charge is 0.227 e. The second-order valence-corrected chi connectivity index (χ2v) is 8.33. The number of halogens is 1. The van der Waals surface area contributed by atoms with Gasteiger partial charge in [0.25, 0.3) is 0 Å². The Kier molecular flexibility index (Phi) is 6.57. The van der Waals surface area contributed by atoms with E-state index >= 15 is 0 Å². The third kappa shape index (κ3) is 5.02. The fraction of sp³-hybridized carbons (Fsp3) is 0.619. The highest BCUT2D eigenvalue weighted by atomic mass is 35.5. The molecular formula is C21H28ClN3O4. The third-order valence-electron chi connectivity index (χ3n) is 5.95. The van der Waals surface area contributed by atoms with Gasteiger partial charge < -0.3 is 19.3 Å². The molecule has 2 amide bonds. The van der Waals surface area contributed by atoms with Gasteiger partial charge in [0, 0.05) is 56.3 Å². The molecule has 8 heteroatoms. The molecule has 3 heterocycles. The fourth-order valence-corrected chi connectivity index (χ4v) is 4.42. The zero-order chi connectivity index (χ0) is 20.2. The van der Waals surface area contributed by atoms with Crippen LogP contribution in [0.3, 0.4) is 0 Å². The van der Waals surface area contributed by atoms with E-state index in [2.05, 4.69) is 4.90 Å². The summed E-state index contributed by atoms with van der Waals surface area (Å²) >= 11 is 6.12. The summed E-state index contributed by atoms with van der Waals surface area (Å²) < 4.78 is 11.2. The Morgan fingerprint density at radius 1 is 1.14 bits per heavy atom. The van der Waals surface area contributed by atoms with Crippen molar-refractivity contribution in [1.82, 2.24) is 14.7 Å². The molecule has 1 aromatic carbocycles. The second kappa shape index (κ2) is 9.32. The van der Waals surface area contributed by atoms with Crippen LogP contribution in [0.2, 0.25) is 5.02 Å². The Hall–Kier alpha value is -1.83. The predicted molar refractivity (Wildman–Crippen MR) is 109 cm³/mol. The number of carbonyl (C=O) groups excluding carboxylic acids is 2. The van der Waals surface area contributed by atoms with Gasteiger partial charge in [-0.25, -0.2) is 0 Å². The van der Waals surface area contributed by atoms with Gasteiger partial charge in [0.1, 0.15) is 12.4 Å². The van der Waals surface area contributed by atoms with Crippen molar-refractivity contribution in [3.8, 4) is 5.75 Å². The molecule has 0 spiro atoms. The van der Waals surface area contributed by atoms with E-state index in [0.717, 1.165) is 44.2 Å². The summed E-state index contributed by atoms with van der Waals surface area (Å²) in [6.45, 7) is 6.81. The first-order valence-electron chi connectivity index (χ1n) is 10.4. The molecule has 3 aliphatic heterocycles. The molecule has 158 valence electrons. The zero-order valence-electron chi connectivity index (χ0n) is 16.6. The number of fused-ring (bicyclic) bond motifs is 1. The molecule has 1 unspecified atom stereocenters. The minimum absolute atomic E-state index is 0.102. The molecule has 2 saturated heterocycles. The third-order valence-corrected chi connectivity index (χ3v) is 6.19. The monoisotopic (exact) mass is 421 g/mol. The van der Waals surface area contributed by atoms with Gasteiger partial charge in [0.2, 0.25) is 11.8 Å². The lowest BCUT2D eigenvalue weighted by Crippen LogP contribution is -2.50. The molecule has 0 saturated carbocycles. The van der Waals surface area contributed by atoms with Crippen LogP contribution in [0.15, 0.2) is 18.2 Å². The van der Waals surface area contributed by atoms with Gasteiger partial charge in [0.05, 0.1) is 25.7 Å². The molecule has 1 aromatic rings. The van der Waals surface area contributed by atoms with Crippen LogP contribution in [0, 0.1) is 5.92 Å². The van der Waals surface area contributed by atoms with E-state index in [1.54, 1.807) is 6.07 Å². The first-order chi connectivity index (χ1) is 14.1. The summed E-state index contributed by atoms with van der Waals surface area (Å²) in [5.74, 6) is 0.887. The molecule has 0 aromatic heterocycles. The van der Waals surface area contributed by atoms with Gasteiger partial charge in [-0.2, -0.15) is 0 Å². The van der Waals surface area contributed by atoms with Crippen LogP contribution in [0.25, 0.3) is 0 Å².